The van der Waals surface area contributed by atoms with Crippen molar-refractivity contribution in [3.63, 3.8) is 0 Å². The molecule has 1 aliphatic heterocycles. The van der Waals surface area contributed by atoms with E-state index in [0.29, 0.717) is 18.1 Å². The van der Waals surface area contributed by atoms with Gasteiger partial charge in [-0.2, -0.15) is 5.10 Å². The van der Waals surface area contributed by atoms with Crippen LogP contribution in [-0.2, 0) is 11.8 Å². The SMILES string of the molecule is CNC(C(=O)N1CCC(C(O)c2ccc(Cl)cc2)CC1)c1cnn(C)c1.Cl. The minimum Gasteiger partial charge on any atom is -0.388 e. The first kappa shape index (κ1) is 21.7. The molecule has 1 fully saturated rings. The molecule has 0 radical (unpaired) electrons. The molecule has 2 atom stereocenters. The summed E-state index contributed by atoms with van der Waals surface area (Å²) in [5.74, 6) is 0.201. The molecule has 8 heteroatoms. The Morgan fingerprint density at radius 3 is 2.41 bits per heavy atom. The van der Waals surface area contributed by atoms with E-state index in [9.17, 15) is 9.90 Å². The van der Waals surface area contributed by atoms with Crippen LogP contribution in [0.25, 0.3) is 0 Å². The van der Waals surface area contributed by atoms with Crippen molar-refractivity contribution < 1.29 is 9.90 Å². The van der Waals surface area contributed by atoms with Crippen LogP contribution in [-0.4, -0.2) is 45.8 Å². The molecule has 0 saturated carbocycles. The number of hydrogen-bond donors (Lipinski definition) is 2. The lowest BCUT2D eigenvalue weighted by Gasteiger charge is -2.36. The average Bonchev–Trinajstić information content (AvgIpc) is 3.08. The summed E-state index contributed by atoms with van der Waals surface area (Å²) >= 11 is 5.91. The number of carbonyl (C=O) groups excluding carboxylic acids is 1. The van der Waals surface area contributed by atoms with Crippen molar-refractivity contribution in [2.24, 2.45) is 13.0 Å². The van der Waals surface area contributed by atoms with Crippen molar-refractivity contribution in [3.05, 3.63) is 52.8 Å². The van der Waals surface area contributed by atoms with Crippen LogP contribution in [0.5, 0.6) is 0 Å². The molecule has 2 unspecified atom stereocenters. The van der Waals surface area contributed by atoms with Crippen LogP contribution in [0.2, 0.25) is 5.02 Å². The first-order valence-electron chi connectivity index (χ1n) is 8.87. The number of likely N-dealkylation sites (tertiary alicyclic amines) is 1. The number of benzene rings is 1. The number of amides is 1. The summed E-state index contributed by atoms with van der Waals surface area (Å²) in [4.78, 5) is 14.7. The number of halogens is 2. The zero-order valence-corrected chi connectivity index (χ0v) is 17.1. The van der Waals surface area contributed by atoms with Gasteiger partial charge in [-0.25, -0.2) is 0 Å². The smallest absolute Gasteiger partial charge is 0.244 e. The third kappa shape index (κ3) is 5.02. The van der Waals surface area contributed by atoms with Crippen LogP contribution in [0.4, 0.5) is 0 Å². The fourth-order valence-electron chi connectivity index (χ4n) is 3.57. The highest BCUT2D eigenvalue weighted by Crippen LogP contribution is 2.32. The first-order chi connectivity index (χ1) is 12.5. The van der Waals surface area contributed by atoms with E-state index in [0.717, 1.165) is 24.0 Å². The third-order valence-electron chi connectivity index (χ3n) is 5.10. The molecule has 1 aromatic heterocycles. The molecule has 2 N–H and O–H groups in total. The predicted octanol–water partition coefficient (Wildman–Crippen LogP) is 2.73. The number of carbonyl (C=O) groups is 1. The molecular formula is C19H26Cl2N4O2. The number of rotatable bonds is 5. The average molecular weight is 413 g/mol. The van der Waals surface area contributed by atoms with E-state index in [2.05, 4.69) is 10.4 Å². The van der Waals surface area contributed by atoms with Gasteiger partial charge in [0.2, 0.25) is 5.91 Å². The standard InChI is InChI=1S/C19H25ClN4O2.ClH/c1-21-17(15-11-22-23(2)12-15)19(26)24-9-7-14(8-10-24)18(25)13-3-5-16(20)6-4-13;/h3-6,11-12,14,17-18,21,25H,7-10H2,1-2H3;1H. The highest BCUT2D eigenvalue weighted by molar-refractivity contribution is 6.30. The molecule has 0 aliphatic carbocycles. The molecule has 1 aliphatic rings. The van der Waals surface area contributed by atoms with Gasteiger partial charge >= 0.3 is 0 Å². The van der Waals surface area contributed by atoms with Gasteiger partial charge in [-0.3, -0.25) is 9.48 Å². The zero-order valence-electron chi connectivity index (χ0n) is 15.5. The fourth-order valence-corrected chi connectivity index (χ4v) is 3.70. The summed E-state index contributed by atoms with van der Waals surface area (Å²) in [6.07, 6.45) is 4.60. The maximum atomic E-state index is 12.9. The molecule has 1 amide bonds. The summed E-state index contributed by atoms with van der Waals surface area (Å²) < 4.78 is 1.70. The molecule has 148 valence electrons. The van der Waals surface area contributed by atoms with E-state index in [1.807, 2.05) is 30.3 Å². The number of aliphatic hydroxyl groups excluding tert-OH is 1. The van der Waals surface area contributed by atoms with Gasteiger partial charge in [0.15, 0.2) is 0 Å². The number of piperidine rings is 1. The Morgan fingerprint density at radius 1 is 1.26 bits per heavy atom. The number of nitrogens with one attached hydrogen (secondary N) is 1. The van der Waals surface area contributed by atoms with Crippen molar-refractivity contribution >= 4 is 29.9 Å². The molecule has 0 spiro atoms. The lowest BCUT2D eigenvalue weighted by Crippen LogP contribution is -2.44. The van der Waals surface area contributed by atoms with Crippen LogP contribution in [0.1, 0.15) is 36.1 Å². The Kier molecular flexibility index (Phi) is 7.68. The lowest BCUT2D eigenvalue weighted by atomic mass is 9.87. The quantitative estimate of drug-likeness (QED) is 0.791. The van der Waals surface area contributed by atoms with E-state index in [1.165, 1.54) is 0 Å². The molecule has 1 saturated heterocycles. The zero-order chi connectivity index (χ0) is 18.7. The number of aliphatic hydroxyl groups is 1. The minimum atomic E-state index is -0.525. The van der Waals surface area contributed by atoms with Crippen molar-refractivity contribution in [2.45, 2.75) is 25.0 Å². The topological polar surface area (TPSA) is 70.4 Å². The van der Waals surface area contributed by atoms with Crippen molar-refractivity contribution in [2.75, 3.05) is 20.1 Å². The minimum absolute atomic E-state index is 0. The van der Waals surface area contributed by atoms with Gasteiger partial charge in [0, 0.05) is 36.9 Å². The van der Waals surface area contributed by atoms with Crippen LogP contribution in [0.15, 0.2) is 36.7 Å². The van der Waals surface area contributed by atoms with E-state index in [1.54, 1.807) is 30.1 Å². The summed E-state index contributed by atoms with van der Waals surface area (Å²) in [7, 11) is 3.62. The second-order valence-corrected chi connectivity index (χ2v) is 7.26. The molecule has 2 aromatic rings. The second-order valence-electron chi connectivity index (χ2n) is 6.83. The van der Waals surface area contributed by atoms with Crippen LogP contribution >= 0.6 is 24.0 Å². The van der Waals surface area contributed by atoms with Crippen LogP contribution in [0.3, 0.4) is 0 Å². The number of aryl methyl sites for hydroxylation is 1. The van der Waals surface area contributed by atoms with E-state index < -0.39 is 6.10 Å². The van der Waals surface area contributed by atoms with Gasteiger partial charge in [0.1, 0.15) is 6.04 Å². The fraction of sp³-hybridized carbons (Fsp3) is 0.474. The van der Waals surface area contributed by atoms with Crippen LogP contribution in [0, 0.1) is 5.92 Å². The molecular weight excluding hydrogens is 387 g/mol. The monoisotopic (exact) mass is 412 g/mol. The number of likely N-dealkylation sites (N-methyl/N-ethyl adjacent to an activating group) is 1. The highest BCUT2D eigenvalue weighted by Gasteiger charge is 2.31. The summed E-state index contributed by atoms with van der Waals surface area (Å²) in [5, 5.41) is 18.5. The van der Waals surface area contributed by atoms with E-state index in [-0.39, 0.29) is 30.3 Å². The maximum Gasteiger partial charge on any atom is 0.244 e. The molecule has 2 heterocycles. The molecule has 1 aromatic carbocycles. The van der Waals surface area contributed by atoms with Crippen molar-refractivity contribution in [1.82, 2.24) is 20.0 Å². The van der Waals surface area contributed by atoms with Gasteiger partial charge in [-0.1, -0.05) is 23.7 Å². The molecule has 6 nitrogen and oxygen atoms in total. The molecule has 27 heavy (non-hydrogen) atoms. The summed E-state index contributed by atoms with van der Waals surface area (Å²) in [6.45, 7) is 1.29. The Balaban J connectivity index is 0.00000261. The van der Waals surface area contributed by atoms with E-state index in [4.69, 9.17) is 11.6 Å². The Hall–Kier alpha value is -1.60. The van der Waals surface area contributed by atoms with E-state index >= 15 is 0 Å². The third-order valence-corrected chi connectivity index (χ3v) is 5.36. The lowest BCUT2D eigenvalue weighted by molar-refractivity contribution is -0.135. The van der Waals surface area contributed by atoms with Gasteiger partial charge in [0.25, 0.3) is 0 Å². The Bertz CT molecular complexity index is 742. The maximum absolute atomic E-state index is 12.9. The Morgan fingerprint density at radius 2 is 1.89 bits per heavy atom. The molecule has 3 rings (SSSR count). The van der Waals surface area contributed by atoms with Crippen molar-refractivity contribution in [1.29, 1.82) is 0 Å². The summed E-state index contributed by atoms with van der Waals surface area (Å²) in [6, 6.07) is 6.93. The second kappa shape index (κ2) is 9.55. The summed E-state index contributed by atoms with van der Waals surface area (Å²) in [5.41, 5.74) is 1.74. The Labute approximate surface area is 170 Å². The number of aromatic nitrogens is 2. The van der Waals surface area contributed by atoms with Gasteiger partial charge < -0.3 is 15.3 Å². The predicted molar refractivity (Wildman–Crippen MR) is 108 cm³/mol. The molecule has 0 bridgehead atoms. The largest absolute Gasteiger partial charge is 0.388 e. The normalized spacial score (nSPS) is 17.3. The first-order valence-corrected chi connectivity index (χ1v) is 9.25. The number of nitrogens with zero attached hydrogens (tertiary/aromatic N) is 3. The van der Waals surface area contributed by atoms with Gasteiger partial charge in [-0.05, 0) is 43.5 Å². The van der Waals surface area contributed by atoms with Crippen LogP contribution < -0.4 is 5.32 Å². The number of hydrogen-bond acceptors (Lipinski definition) is 4. The van der Waals surface area contributed by atoms with Gasteiger partial charge in [0.05, 0.1) is 12.3 Å². The van der Waals surface area contributed by atoms with Gasteiger partial charge in [-0.15, -0.1) is 12.4 Å². The van der Waals surface area contributed by atoms with Crippen molar-refractivity contribution in [3.8, 4) is 0 Å². The highest BCUT2D eigenvalue weighted by atomic mass is 35.5.